The fraction of sp³-hybridized carbons (Fsp3) is 0.273. The van der Waals surface area contributed by atoms with E-state index < -0.39 is 0 Å². The van der Waals surface area contributed by atoms with Crippen molar-refractivity contribution in [2.75, 3.05) is 46.6 Å². The zero-order valence-corrected chi connectivity index (χ0v) is 20.5. The summed E-state index contributed by atoms with van der Waals surface area (Å²) >= 11 is 2.77. The molecule has 0 saturated carbocycles. The van der Waals surface area contributed by atoms with Gasteiger partial charge in [-0.05, 0) is 49.9 Å². The Balaban J connectivity index is 1.52. The fourth-order valence-corrected chi connectivity index (χ4v) is 4.25. The van der Waals surface area contributed by atoms with Crippen LogP contribution >= 0.6 is 23.5 Å². The van der Waals surface area contributed by atoms with E-state index in [0.717, 1.165) is 29.2 Å². The number of carbonyl (C=O) groups is 1. The summed E-state index contributed by atoms with van der Waals surface area (Å²) in [5, 5.41) is 15.5. The molecule has 1 amide bonds. The van der Waals surface area contributed by atoms with Gasteiger partial charge in [0.25, 0.3) is 5.95 Å². The molecule has 3 aromatic rings. The van der Waals surface area contributed by atoms with E-state index in [1.165, 1.54) is 22.1 Å². The molecule has 0 aliphatic rings. The van der Waals surface area contributed by atoms with Gasteiger partial charge in [0.15, 0.2) is 0 Å². The molecule has 3 rings (SSSR count). The first kappa shape index (κ1) is 24.5. The van der Waals surface area contributed by atoms with E-state index in [0.29, 0.717) is 5.16 Å². The maximum absolute atomic E-state index is 12.3. The minimum absolute atomic E-state index is 0.148. The van der Waals surface area contributed by atoms with E-state index in [2.05, 4.69) is 56.9 Å². The van der Waals surface area contributed by atoms with Crippen molar-refractivity contribution in [3.05, 3.63) is 54.1 Å². The number of nitrogens with zero attached hydrogens (tertiary/aromatic N) is 5. The number of anilines is 3. The summed E-state index contributed by atoms with van der Waals surface area (Å²) in [6, 6.07) is 15.8. The Morgan fingerprint density at radius 2 is 1.88 bits per heavy atom. The summed E-state index contributed by atoms with van der Waals surface area (Å²) in [6.07, 6.45) is 3.65. The maximum Gasteiger partial charge on any atom is 0.264 e. The summed E-state index contributed by atoms with van der Waals surface area (Å²) in [5.74, 6) is 6.33. The number of hydrogen-bond donors (Lipinski definition) is 3. The van der Waals surface area contributed by atoms with Gasteiger partial charge in [0.1, 0.15) is 0 Å². The van der Waals surface area contributed by atoms with Crippen LogP contribution in [0.4, 0.5) is 17.3 Å². The lowest BCUT2D eigenvalue weighted by molar-refractivity contribution is -0.113. The number of nitrogen functional groups attached to an aromatic ring is 1. The molecule has 174 valence electrons. The molecule has 0 unspecified atom stereocenters. The molecule has 0 fully saturated rings. The highest BCUT2D eigenvalue weighted by Gasteiger charge is 2.13. The van der Waals surface area contributed by atoms with Gasteiger partial charge in [0.2, 0.25) is 11.1 Å². The van der Waals surface area contributed by atoms with E-state index in [1.807, 2.05) is 42.7 Å². The van der Waals surface area contributed by atoms with Crippen LogP contribution in [0.2, 0.25) is 0 Å². The van der Waals surface area contributed by atoms with E-state index in [9.17, 15) is 4.79 Å². The molecule has 0 bridgehead atoms. The van der Waals surface area contributed by atoms with Crippen molar-refractivity contribution in [2.24, 2.45) is 5.10 Å². The number of hydrogen-bond acceptors (Lipinski definition) is 9. The first-order valence-electron chi connectivity index (χ1n) is 10.5. The number of aromatic nitrogens is 3. The molecule has 0 aliphatic carbocycles. The molecular weight excluding hydrogens is 456 g/mol. The lowest BCUT2D eigenvalue weighted by atomic mass is 10.2. The molecule has 9 nitrogen and oxygen atoms in total. The summed E-state index contributed by atoms with van der Waals surface area (Å²) < 4.78 is 1.27. The largest absolute Gasteiger partial charge is 0.372 e. The Bertz CT molecular complexity index is 1080. The van der Waals surface area contributed by atoms with Crippen molar-refractivity contribution in [2.45, 2.75) is 23.9 Å². The second-order valence-corrected chi connectivity index (χ2v) is 8.64. The monoisotopic (exact) mass is 484 g/mol. The number of nitrogens with one attached hydrogen (secondary N) is 2. The third-order valence-corrected chi connectivity index (χ3v) is 6.52. The smallest absolute Gasteiger partial charge is 0.264 e. The third kappa shape index (κ3) is 6.65. The zero-order valence-electron chi connectivity index (χ0n) is 18.9. The average molecular weight is 485 g/mol. The standard InChI is InChI=1S/C22H28N8OS2/c1-4-29(5-2)17-12-10-16(11-13-17)14-24-26-21-27-28-22(30(21)23)33-15-20(31)25-18-8-6-7-9-19(18)32-3/h6-14H,4-5,15,23H2,1-3H3,(H,25,31)(H,26,27)/b24-14+. The van der Waals surface area contributed by atoms with Gasteiger partial charge in [-0.2, -0.15) is 5.10 Å². The minimum Gasteiger partial charge on any atom is -0.372 e. The molecule has 4 N–H and O–H groups in total. The number of hydrazone groups is 1. The van der Waals surface area contributed by atoms with Crippen LogP contribution in [0.15, 0.2) is 63.7 Å². The van der Waals surface area contributed by atoms with Gasteiger partial charge in [-0.25, -0.2) is 10.1 Å². The van der Waals surface area contributed by atoms with Crippen LogP contribution in [0.25, 0.3) is 0 Å². The number of para-hydroxylation sites is 1. The van der Waals surface area contributed by atoms with E-state index in [1.54, 1.807) is 18.0 Å². The summed E-state index contributed by atoms with van der Waals surface area (Å²) in [5.41, 5.74) is 5.69. The van der Waals surface area contributed by atoms with Crippen LogP contribution in [0.1, 0.15) is 19.4 Å². The normalized spacial score (nSPS) is 11.0. The van der Waals surface area contributed by atoms with Gasteiger partial charge in [-0.1, -0.05) is 36.0 Å². The van der Waals surface area contributed by atoms with Crippen molar-refractivity contribution in [1.82, 2.24) is 14.9 Å². The molecule has 0 spiro atoms. The molecule has 1 heterocycles. The van der Waals surface area contributed by atoms with E-state index >= 15 is 0 Å². The van der Waals surface area contributed by atoms with Crippen LogP contribution in [-0.4, -0.2) is 52.1 Å². The highest BCUT2D eigenvalue weighted by atomic mass is 32.2. The van der Waals surface area contributed by atoms with Crippen molar-refractivity contribution in [3.63, 3.8) is 0 Å². The molecular formula is C22H28N8OS2. The van der Waals surface area contributed by atoms with Crippen LogP contribution in [0.3, 0.4) is 0 Å². The molecule has 0 aliphatic heterocycles. The van der Waals surface area contributed by atoms with Crippen LogP contribution in [-0.2, 0) is 4.79 Å². The van der Waals surface area contributed by atoms with Gasteiger partial charge in [0.05, 0.1) is 17.7 Å². The first-order valence-corrected chi connectivity index (χ1v) is 12.7. The quantitative estimate of drug-likeness (QED) is 0.163. The predicted molar refractivity (Wildman–Crippen MR) is 139 cm³/mol. The SMILES string of the molecule is CCN(CC)c1ccc(/C=N/Nc2nnc(SCC(=O)Nc3ccccc3SC)n2N)cc1. The van der Waals surface area contributed by atoms with E-state index in [-0.39, 0.29) is 17.6 Å². The number of amides is 1. The van der Waals surface area contributed by atoms with Gasteiger partial charge >= 0.3 is 0 Å². The van der Waals surface area contributed by atoms with Crippen LogP contribution in [0, 0.1) is 0 Å². The van der Waals surface area contributed by atoms with Crippen molar-refractivity contribution in [1.29, 1.82) is 0 Å². The molecule has 11 heteroatoms. The van der Waals surface area contributed by atoms with Crippen LogP contribution in [0.5, 0.6) is 0 Å². The molecule has 0 radical (unpaired) electrons. The number of thioether (sulfide) groups is 2. The van der Waals surface area contributed by atoms with Crippen molar-refractivity contribution < 1.29 is 4.79 Å². The van der Waals surface area contributed by atoms with Crippen molar-refractivity contribution in [3.8, 4) is 0 Å². The van der Waals surface area contributed by atoms with E-state index in [4.69, 9.17) is 5.84 Å². The number of carbonyl (C=O) groups excluding carboxylic acids is 1. The molecule has 0 atom stereocenters. The number of rotatable bonds is 11. The molecule has 2 aromatic carbocycles. The Kier molecular flexibility index (Phi) is 9.02. The molecule has 0 saturated heterocycles. The predicted octanol–water partition coefficient (Wildman–Crippen LogP) is 3.74. The van der Waals surface area contributed by atoms with Crippen LogP contribution < -0.4 is 21.5 Å². The second-order valence-electron chi connectivity index (χ2n) is 6.85. The molecule has 33 heavy (non-hydrogen) atoms. The fourth-order valence-electron chi connectivity index (χ4n) is 3.04. The first-order chi connectivity index (χ1) is 16.0. The van der Waals surface area contributed by atoms with Gasteiger partial charge in [0, 0.05) is 23.7 Å². The number of benzene rings is 2. The average Bonchev–Trinajstić information content (AvgIpc) is 3.19. The Morgan fingerprint density at radius 1 is 1.15 bits per heavy atom. The molecule has 1 aromatic heterocycles. The Hall–Kier alpha value is -3.18. The summed E-state index contributed by atoms with van der Waals surface area (Å²) in [4.78, 5) is 15.6. The summed E-state index contributed by atoms with van der Waals surface area (Å²) in [6.45, 7) is 6.19. The topological polar surface area (TPSA) is 113 Å². The van der Waals surface area contributed by atoms with Gasteiger partial charge in [-0.3, -0.25) is 4.79 Å². The highest BCUT2D eigenvalue weighted by molar-refractivity contribution is 7.99. The minimum atomic E-state index is -0.148. The Labute approximate surface area is 202 Å². The third-order valence-electron chi connectivity index (χ3n) is 4.78. The number of nitrogens with two attached hydrogens (primary N) is 1. The van der Waals surface area contributed by atoms with Gasteiger partial charge < -0.3 is 16.1 Å². The maximum atomic E-state index is 12.3. The van der Waals surface area contributed by atoms with Crippen molar-refractivity contribution >= 4 is 53.0 Å². The summed E-state index contributed by atoms with van der Waals surface area (Å²) in [7, 11) is 0. The van der Waals surface area contributed by atoms with Gasteiger partial charge in [-0.15, -0.1) is 22.0 Å². The Morgan fingerprint density at radius 3 is 2.58 bits per heavy atom. The highest BCUT2D eigenvalue weighted by Crippen LogP contribution is 2.25. The lowest BCUT2D eigenvalue weighted by Gasteiger charge is -2.20. The zero-order chi connectivity index (χ0) is 23.6. The second kappa shape index (κ2) is 12.2. The lowest BCUT2D eigenvalue weighted by Crippen LogP contribution is -2.21.